The second kappa shape index (κ2) is 9.08. The first-order valence-electron chi connectivity index (χ1n) is 9.95. The van der Waals surface area contributed by atoms with Crippen molar-refractivity contribution >= 4 is 17.7 Å². The van der Waals surface area contributed by atoms with E-state index in [1.807, 2.05) is 6.92 Å². The molecule has 2 amide bonds. The fraction of sp³-hybridized carbons (Fsp3) is 0.571. The van der Waals surface area contributed by atoms with Crippen LogP contribution < -0.4 is 10.1 Å². The highest BCUT2D eigenvalue weighted by atomic mass is 16.5. The van der Waals surface area contributed by atoms with Crippen molar-refractivity contribution in [3.63, 3.8) is 0 Å². The first-order valence-corrected chi connectivity index (χ1v) is 9.95. The van der Waals surface area contributed by atoms with Gasteiger partial charge in [-0.25, -0.2) is 9.79 Å². The van der Waals surface area contributed by atoms with E-state index in [1.54, 1.807) is 12.1 Å². The minimum atomic E-state index is -0.694. The van der Waals surface area contributed by atoms with E-state index in [0.717, 1.165) is 12.8 Å². The number of esters is 1. The van der Waals surface area contributed by atoms with Crippen LogP contribution >= 0.6 is 0 Å². The molecule has 0 spiro atoms. The second-order valence-electron chi connectivity index (χ2n) is 7.43. The topological polar surface area (TPSA) is 97.2 Å². The number of urea groups is 1. The van der Waals surface area contributed by atoms with Gasteiger partial charge in [0.05, 0.1) is 19.8 Å². The number of benzene rings is 1. The average Bonchev–Trinajstić information content (AvgIpc) is 2.72. The Morgan fingerprint density at radius 2 is 2.04 bits per heavy atom. The summed E-state index contributed by atoms with van der Waals surface area (Å²) in [5.74, 6) is -0.385. The largest absolute Gasteiger partial charge is 0.504 e. The Bertz CT molecular complexity index is 755. The molecule has 2 unspecified atom stereocenters. The number of nitrogens with one attached hydrogen (secondary N) is 1. The van der Waals surface area contributed by atoms with E-state index in [4.69, 9.17) is 9.47 Å². The highest BCUT2D eigenvalue weighted by molar-refractivity contribution is 6.09. The summed E-state index contributed by atoms with van der Waals surface area (Å²) in [4.78, 5) is 29.1. The van der Waals surface area contributed by atoms with Crippen LogP contribution in [0.4, 0.5) is 4.79 Å². The number of ether oxygens (including phenoxy) is 2. The number of carbonyl (C=O) groups is 2. The smallest absolute Gasteiger partial charge is 0.341 e. The summed E-state index contributed by atoms with van der Waals surface area (Å²) in [5, 5.41) is 12.6. The predicted octanol–water partition coefficient (Wildman–Crippen LogP) is 3.76. The second-order valence-corrected chi connectivity index (χ2v) is 7.43. The van der Waals surface area contributed by atoms with Crippen LogP contribution in [-0.2, 0) is 9.53 Å². The summed E-state index contributed by atoms with van der Waals surface area (Å²) in [6.07, 6.45) is 6.25. The molecule has 0 saturated heterocycles. The van der Waals surface area contributed by atoms with Crippen LogP contribution in [0, 0.1) is 11.8 Å². The van der Waals surface area contributed by atoms with Crippen LogP contribution in [0.15, 0.2) is 23.2 Å². The molecule has 7 nitrogen and oxygen atoms in total. The van der Waals surface area contributed by atoms with E-state index < -0.39 is 18.0 Å². The van der Waals surface area contributed by atoms with Crippen LogP contribution in [-0.4, -0.2) is 36.5 Å². The minimum absolute atomic E-state index is 0.00538. The quantitative estimate of drug-likeness (QED) is 0.723. The number of amides is 2. The molecule has 2 atom stereocenters. The Hall–Kier alpha value is -2.57. The molecule has 28 heavy (non-hydrogen) atoms. The van der Waals surface area contributed by atoms with E-state index in [0.29, 0.717) is 30.2 Å². The van der Waals surface area contributed by atoms with E-state index >= 15 is 0 Å². The van der Waals surface area contributed by atoms with E-state index in [9.17, 15) is 14.7 Å². The van der Waals surface area contributed by atoms with Crippen LogP contribution in [0.1, 0.15) is 57.1 Å². The molecule has 1 aliphatic heterocycles. The summed E-state index contributed by atoms with van der Waals surface area (Å²) in [5.41, 5.74) is 1.16. The summed E-state index contributed by atoms with van der Waals surface area (Å²) < 4.78 is 10.8. The van der Waals surface area contributed by atoms with Gasteiger partial charge < -0.3 is 19.9 Å². The lowest BCUT2D eigenvalue weighted by atomic mass is 9.86. The molecule has 1 aromatic carbocycles. The van der Waals surface area contributed by atoms with E-state index in [1.165, 1.54) is 32.4 Å². The van der Waals surface area contributed by atoms with Gasteiger partial charge in [-0.1, -0.05) is 32.3 Å². The summed E-state index contributed by atoms with van der Waals surface area (Å²) in [7, 11) is 1.45. The number of hydrogen-bond acceptors (Lipinski definition) is 5. The Kier molecular flexibility index (Phi) is 6.54. The lowest BCUT2D eigenvalue weighted by Gasteiger charge is -2.31. The van der Waals surface area contributed by atoms with Gasteiger partial charge >= 0.3 is 12.0 Å². The monoisotopic (exact) mass is 388 g/mol. The van der Waals surface area contributed by atoms with Crippen molar-refractivity contribution in [2.24, 2.45) is 16.8 Å². The van der Waals surface area contributed by atoms with Crippen molar-refractivity contribution in [1.82, 2.24) is 5.32 Å². The number of phenolic OH excluding ortho intramolecular Hbond substituents is 1. The van der Waals surface area contributed by atoms with E-state index in [-0.39, 0.29) is 17.5 Å². The number of hydrogen-bond donors (Lipinski definition) is 2. The molecule has 1 fully saturated rings. The van der Waals surface area contributed by atoms with Gasteiger partial charge in [-0.3, -0.25) is 4.79 Å². The molecular weight excluding hydrogens is 360 g/mol. The van der Waals surface area contributed by atoms with Gasteiger partial charge in [-0.15, -0.1) is 0 Å². The summed E-state index contributed by atoms with van der Waals surface area (Å²) in [6.45, 7) is 2.28. The molecule has 0 aromatic heterocycles. The third-order valence-corrected chi connectivity index (χ3v) is 5.58. The molecule has 2 N–H and O–H groups in total. The average molecular weight is 388 g/mol. The van der Waals surface area contributed by atoms with Gasteiger partial charge in [0.25, 0.3) is 0 Å². The molecule has 2 aliphatic rings. The van der Waals surface area contributed by atoms with E-state index in [2.05, 4.69) is 10.3 Å². The fourth-order valence-electron chi connectivity index (χ4n) is 4.02. The number of carbonyl (C=O) groups excluding carboxylic acids is 2. The van der Waals surface area contributed by atoms with Gasteiger partial charge in [-0.2, -0.15) is 0 Å². The Labute approximate surface area is 165 Å². The first kappa shape index (κ1) is 20.2. The predicted molar refractivity (Wildman–Crippen MR) is 105 cm³/mol. The van der Waals surface area contributed by atoms with Gasteiger partial charge in [0.15, 0.2) is 11.5 Å². The Balaban J connectivity index is 1.83. The molecule has 1 aliphatic carbocycles. The maximum atomic E-state index is 13.0. The minimum Gasteiger partial charge on any atom is -0.504 e. The third kappa shape index (κ3) is 4.46. The van der Waals surface area contributed by atoms with Crippen molar-refractivity contribution in [3.8, 4) is 11.5 Å². The zero-order chi connectivity index (χ0) is 20.1. The molecule has 3 rings (SSSR count). The van der Waals surface area contributed by atoms with Crippen LogP contribution in [0.25, 0.3) is 0 Å². The van der Waals surface area contributed by atoms with Gasteiger partial charge in [0.2, 0.25) is 0 Å². The zero-order valence-electron chi connectivity index (χ0n) is 16.4. The maximum absolute atomic E-state index is 13.0. The van der Waals surface area contributed by atoms with Crippen molar-refractivity contribution in [1.29, 1.82) is 0 Å². The summed E-state index contributed by atoms with van der Waals surface area (Å²) >= 11 is 0. The van der Waals surface area contributed by atoms with Gasteiger partial charge in [0, 0.05) is 5.71 Å². The van der Waals surface area contributed by atoms with Crippen LogP contribution in [0.5, 0.6) is 11.5 Å². The number of aliphatic imine (C=N–C) groups is 1. The van der Waals surface area contributed by atoms with Crippen molar-refractivity contribution < 1.29 is 24.2 Å². The Morgan fingerprint density at radius 1 is 1.29 bits per heavy atom. The number of aromatic hydroxyl groups is 1. The number of phenols is 1. The first-order chi connectivity index (χ1) is 13.5. The third-order valence-electron chi connectivity index (χ3n) is 5.58. The number of rotatable bonds is 6. The molecule has 1 aromatic rings. The lowest BCUT2D eigenvalue weighted by molar-refractivity contribution is -0.148. The number of nitrogens with zero attached hydrogens (tertiary/aromatic N) is 1. The van der Waals surface area contributed by atoms with Crippen molar-refractivity contribution in [2.45, 2.75) is 51.5 Å². The molecule has 1 heterocycles. The molecule has 0 bridgehead atoms. The SMILES string of the molecule is CCC1=NC(=O)NC(c2ccc(O)c(OC)c2)C1C(=O)OCC1CCCCC1. The highest BCUT2D eigenvalue weighted by Crippen LogP contribution is 2.35. The van der Waals surface area contributed by atoms with Crippen molar-refractivity contribution in [2.75, 3.05) is 13.7 Å². The molecule has 152 valence electrons. The zero-order valence-corrected chi connectivity index (χ0v) is 16.4. The van der Waals surface area contributed by atoms with Crippen LogP contribution in [0.3, 0.4) is 0 Å². The fourth-order valence-corrected chi connectivity index (χ4v) is 4.02. The van der Waals surface area contributed by atoms with Gasteiger partial charge in [0.1, 0.15) is 5.92 Å². The lowest BCUT2D eigenvalue weighted by Crippen LogP contribution is -2.45. The molecule has 0 radical (unpaired) electrons. The summed E-state index contributed by atoms with van der Waals surface area (Å²) in [6, 6.07) is 3.68. The normalized spacial score (nSPS) is 22.9. The standard InChI is InChI=1S/C21H28N2O5/c1-3-15-18(20(25)28-12-13-7-5-4-6-8-13)19(23-21(26)22-15)14-9-10-16(24)17(11-14)27-2/h9-11,13,18-19,24H,3-8,12H2,1-2H3,(H,23,26). The van der Waals surface area contributed by atoms with Crippen molar-refractivity contribution in [3.05, 3.63) is 23.8 Å². The maximum Gasteiger partial charge on any atom is 0.341 e. The highest BCUT2D eigenvalue weighted by Gasteiger charge is 2.39. The van der Waals surface area contributed by atoms with Crippen LogP contribution in [0.2, 0.25) is 0 Å². The van der Waals surface area contributed by atoms with Gasteiger partial charge in [-0.05, 0) is 42.9 Å². The molecule has 1 saturated carbocycles. The molecular formula is C21H28N2O5. The number of methoxy groups -OCH3 is 1. The molecule has 7 heteroatoms. The Morgan fingerprint density at radius 3 is 2.71 bits per heavy atom.